The van der Waals surface area contributed by atoms with Crippen LogP contribution >= 0.6 is 15.9 Å². The van der Waals surface area contributed by atoms with Gasteiger partial charge in [-0.05, 0) is 0 Å². The molecule has 0 aromatic heterocycles. The summed E-state index contributed by atoms with van der Waals surface area (Å²) in [5, 5.41) is 0. The molecule has 0 saturated carbocycles. The minimum absolute atomic E-state index is 0.660. The van der Waals surface area contributed by atoms with E-state index in [4.69, 9.17) is 0 Å². The Balaban J connectivity index is 3.21. The van der Waals surface area contributed by atoms with Gasteiger partial charge < -0.3 is 0 Å². The summed E-state index contributed by atoms with van der Waals surface area (Å²) in [4.78, 5) is 0. The number of halogens is 1. The second kappa shape index (κ2) is 6.85. The van der Waals surface area contributed by atoms with Crippen LogP contribution in [0.25, 0.3) is 0 Å². The summed E-state index contributed by atoms with van der Waals surface area (Å²) in [5.74, 6) is 2.22. The van der Waals surface area contributed by atoms with Gasteiger partial charge in [-0.3, -0.25) is 0 Å². The SMILES string of the molecule is CCCC/C=C(/Br)[Se]C. The van der Waals surface area contributed by atoms with E-state index in [1.807, 2.05) is 0 Å². The minimum atomic E-state index is 0.660. The van der Waals surface area contributed by atoms with Crippen LogP contribution in [0.4, 0.5) is 0 Å². The summed E-state index contributed by atoms with van der Waals surface area (Å²) < 4.78 is 1.41. The van der Waals surface area contributed by atoms with Crippen LogP contribution in [-0.2, 0) is 0 Å². The molecule has 0 N–H and O–H groups in total. The van der Waals surface area contributed by atoms with E-state index >= 15 is 0 Å². The Morgan fingerprint density at radius 3 is 2.78 bits per heavy atom. The monoisotopic (exact) mass is 256 g/mol. The van der Waals surface area contributed by atoms with E-state index in [1.165, 1.54) is 22.6 Å². The molecule has 0 saturated heterocycles. The molecule has 0 heterocycles. The molecule has 0 spiro atoms. The molecule has 0 aliphatic carbocycles. The Hall–Kier alpha value is 0.739. The number of allylic oxidation sites excluding steroid dienone is 1. The Morgan fingerprint density at radius 2 is 2.33 bits per heavy atom. The van der Waals surface area contributed by atoms with Crippen molar-refractivity contribution in [3.63, 3.8) is 0 Å². The van der Waals surface area contributed by atoms with E-state index < -0.39 is 0 Å². The Kier molecular flexibility index (Phi) is 7.42. The van der Waals surface area contributed by atoms with E-state index in [2.05, 4.69) is 34.8 Å². The Morgan fingerprint density at radius 1 is 1.67 bits per heavy atom. The van der Waals surface area contributed by atoms with E-state index in [0.29, 0.717) is 15.0 Å². The first kappa shape index (κ1) is 9.74. The molecule has 0 atom stereocenters. The van der Waals surface area contributed by atoms with Crippen molar-refractivity contribution in [2.75, 3.05) is 0 Å². The maximum atomic E-state index is 3.50. The Bertz CT molecular complexity index is 88.9. The van der Waals surface area contributed by atoms with Crippen molar-refractivity contribution in [2.45, 2.75) is 32.0 Å². The van der Waals surface area contributed by atoms with Crippen LogP contribution < -0.4 is 0 Å². The third kappa shape index (κ3) is 6.63. The van der Waals surface area contributed by atoms with Crippen LogP contribution in [0, 0.1) is 0 Å². The molecule has 0 aromatic rings. The summed E-state index contributed by atoms with van der Waals surface area (Å²) in [6.45, 7) is 2.22. The van der Waals surface area contributed by atoms with Gasteiger partial charge in [0.15, 0.2) is 0 Å². The second-order valence-corrected chi connectivity index (χ2v) is 5.67. The topological polar surface area (TPSA) is 0 Å². The third-order valence-corrected chi connectivity index (χ3v) is 4.23. The van der Waals surface area contributed by atoms with E-state index in [9.17, 15) is 0 Å². The van der Waals surface area contributed by atoms with Gasteiger partial charge in [0.1, 0.15) is 0 Å². The summed E-state index contributed by atoms with van der Waals surface area (Å²) in [5.41, 5.74) is 0. The molecule has 0 nitrogen and oxygen atoms in total. The third-order valence-electron chi connectivity index (χ3n) is 1.06. The van der Waals surface area contributed by atoms with Gasteiger partial charge in [0, 0.05) is 0 Å². The zero-order valence-electron chi connectivity index (χ0n) is 5.98. The molecule has 0 aliphatic rings. The molecule has 54 valence electrons. The van der Waals surface area contributed by atoms with Gasteiger partial charge in [-0.15, -0.1) is 0 Å². The molecule has 0 rings (SSSR count). The molecule has 0 radical (unpaired) electrons. The van der Waals surface area contributed by atoms with Gasteiger partial charge in [0.25, 0.3) is 0 Å². The van der Waals surface area contributed by atoms with Crippen molar-refractivity contribution in [3.8, 4) is 0 Å². The Labute approximate surface area is 72.4 Å². The van der Waals surface area contributed by atoms with E-state index in [0.717, 1.165) is 0 Å². The van der Waals surface area contributed by atoms with E-state index in [1.54, 1.807) is 0 Å². The van der Waals surface area contributed by atoms with Crippen molar-refractivity contribution in [1.29, 1.82) is 0 Å². The summed E-state index contributed by atoms with van der Waals surface area (Å²) in [6, 6.07) is 0. The fourth-order valence-corrected chi connectivity index (χ4v) is 1.33. The number of rotatable bonds is 4. The average Bonchev–Trinajstić information content (AvgIpc) is 1.89. The molecule has 0 amide bonds. The fourth-order valence-electron chi connectivity index (χ4n) is 0.503. The second-order valence-electron chi connectivity index (χ2n) is 1.85. The zero-order chi connectivity index (χ0) is 7.11. The van der Waals surface area contributed by atoms with Crippen molar-refractivity contribution in [1.82, 2.24) is 0 Å². The predicted octanol–water partition coefficient (Wildman–Crippen LogP) is 3.17. The average molecular weight is 256 g/mol. The van der Waals surface area contributed by atoms with Crippen LogP contribution in [0.15, 0.2) is 9.46 Å². The van der Waals surface area contributed by atoms with Gasteiger partial charge in [0.2, 0.25) is 0 Å². The standard InChI is InChI=1S/C7H13BrSe/c1-3-4-5-6-7(8)9-2/h6H,3-5H2,1-2H3/b7-6-. The van der Waals surface area contributed by atoms with Crippen LogP contribution in [0.2, 0.25) is 5.82 Å². The summed E-state index contributed by atoms with van der Waals surface area (Å²) in [7, 11) is 0. The number of hydrogen-bond acceptors (Lipinski definition) is 0. The molecular weight excluding hydrogens is 243 g/mol. The summed E-state index contributed by atoms with van der Waals surface area (Å²) >= 11 is 4.16. The first-order chi connectivity index (χ1) is 4.31. The normalized spacial score (nSPS) is 12.1. The van der Waals surface area contributed by atoms with Crippen LogP contribution in [0.1, 0.15) is 26.2 Å². The summed E-state index contributed by atoms with van der Waals surface area (Å²) in [6.07, 6.45) is 6.16. The first-order valence-electron chi connectivity index (χ1n) is 3.21. The van der Waals surface area contributed by atoms with Crippen LogP contribution in [0.3, 0.4) is 0 Å². The number of hydrogen-bond donors (Lipinski definition) is 0. The molecule has 0 aromatic carbocycles. The molecule has 9 heavy (non-hydrogen) atoms. The zero-order valence-corrected chi connectivity index (χ0v) is 9.28. The van der Waals surface area contributed by atoms with Crippen LogP contribution in [0.5, 0.6) is 0 Å². The quantitative estimate of drug-likeness (QED) is 0.535. The fraction of sp³-hybridized carbons (Fsp3) is 0.714. The molecule has 0 unspecified atom stereocenters. The maximum absolute atomic E-state index is 3.50. The van der Waals surface area contributed by atoms with Gasteiger partial charge >= 0.3 is 72.4 Å². The van der Waals surface area contributed by atoms with Gasteiger partial charge in [-0.1, -0.05) is 0 Å². The molecule has 2 heteroatoms. The van der Waals surface area contributed by atoms with Gasteiger partial charge in [-0.25, -0.2) is 0 Å². The van der Waals surface area contributed by atoms with Crippen molar-refractivity contribution in [3.05, 3.63) is 9.46 Å². The van der Waals surface area contributed by atoms with Gasteiger partial charge in [-0.2, -0.15) is 0 Å². The number of unbranched alkanes of at least 4 members (excludes halogenated alkanes) is 2. The van der Waals surface area contributed by atoms with Crippen molar-refractivity contribution < 1.29 is 0 Å². The van der Waals surface area contributed by atoms with Crippen molar-refractivity contribution in [2.24, 2.45) is 0 Å². The first-order valence-corrected chi connectivity index (χ1v) is 6.57. The molecule has 0 bridgehead atoms. The molecule has 0 aliphatic heterocycles. The van der Waals surface area contributed by atoms with Gasteiger partial charge in [0.05, 0.1) is 0 Å². The molecule has 0 fully saturated rings. The van der Waals surface area contributed by atoms with E-state index in [-0.39, 0.29) is 0 Å². The molecular formula is C7H13BrSe. The van der Waals surface area contributed by atoms with Crippen LogP contribution in [-0.4, -0.2) is 15.0 Å². The van der Waals surface area contributed by atoms with Crippen molar-refractivity contribution >= 4 is 30.9 Å². The predicted molar refractivity (Wildman–Crippen MR) is 48.2 cm³/mol.